The van der Waals surface area contributed by atoms with Gasteiger partial charge in [0.15, 0.2) is 0 Å². The maximum Gasteiger partial charge on any atom is 0.267 e. The molecular formula is C56H66N10O4. The number of carbonyl (C=O) groups is 3. The number of nitrogens with zero attached hydrogens (tertiary/aromatic N) is 4. The Labute approximate surface area is 410 Å². The lowest BCUT2D eigenvalue weighted by Gasteiger charge is -2.17. The number of amides is 3. The molecule has 7 aromatic rings. The molecule has 0 unspecified atom stereocenters. The monoisotopic (exact) mass is 943 g/mol. The van der Waals surface area contributed by atoms with E-state index in [9.17, 15) is 14.4 Å². The van der Waals surface area contributed by atoms with Gasteiger partial charge >= 0.3 is 0 Å². The Morgan fingerprint density at radius 3 is 1.86 bits per heavy atom. The van der Waals surface area contributed by atoms with Gasteiger partial charge < -0.3 is 41.0 Å². The number of pyridine rings is 1. The summed E-state index contributed by atoms with van der Waals surface area (Å²) in [6, 6.07) is 36.4. The van der Waals surface area contributed by atoms with Crippen molar-refractivity contribution in [1.82, 2.24) is 30.6 Å². The molecule has 9 rings (SSSR count). The van der Waals surface area contributed by atoms with Gasteiger partial charge in [0, 0.05) is 103 Å². The second kappa shape index (κ2) is 24.0. The number of fused-ring (bicyclic) bond motifs is 3. The Hall–Kier alpha value is -7.10. The number of aromatic amines is 1. The highest BCUT2D eigenvalue weighted by atomic mass is 16.5. The van der Waals surface area contributed by atoms with Crippen LogP contribution in [0, 0.1) is 6.92 Å². The van der Waals surface area contributed by atoms with Gasteiger partial charge in [-0.1, -0.05) is 42.5 Å². The summed E-state index contributed by atoms with van der Waals surface area (Å²) in [7, 11) is 4.05. The predicted octanol–water partition coefficient (Wildman–Crippen LogP) is 9.37. The minimum Gasteiger partial charge on any atom is -0.378 e. The van der Waals surface area contributed by atoms with E-state index >= 15 is 0 Å². The second-order valence-electron chi connectivity index (χ2n) is 18.5. The third-order valence-electron chi connectivity index (χ3n) is 13.1. The number of hydrogen-bond donors (Lipinski definition) is 7. The Kier molecular flexibility index (Phi) is 16.9. The lowest BCUT2D eigenvalue weighted by atomic mass is 10.1. The first-order chi connectivity index (χ1) is 34.1. The van der Waals surface area contributed by atoms with Crippen molar-refractivity contribution < 1.29 is 19.6 Å². The van der Waals surface area contributed by atoms with Crippen molar-refractivity contribution in [1.29, 1.82) is 0 Å². The van der Waals surface area contributed by atoms with Crippen LogP contribution in [0.3, 0.4) is 0 Å². The molecule has 364 valence electrons. The van der Waals surface area contributed by atoms with Crippen molar-refractivity contribution in [2.45, 2.75) is 58.4 Å². The summed E-state index contributed by atoms with van der Waals surface area (Å²) in [5, 5.41) is 24.9. The van der Waals surface area contributed by atoms with E-state index in [1.807, 2.05) is 74.8 Å². The average Bonchev–Trinajstić information content (AvgIpc) is 4.16. The minimum atomic E-state index is -0.539. The summed E-state index contributed by atoms with van der Waals surface area (Å²) in [4.78, 5) is 51.7. The predicted molar refractivity (Wildman–Crippen MR) is 285 cm³/mol. The third-order valence-corrected chi connectivity index (χ3v) is 13.1. The zero-order chi connectivity index (χ0) is 48.8. The van der Waals surface area contributed by atoms with Crippen LogP contribution in [0.4, 0.5) is 28.4 Å². The Balaban J connectivity index is 0.000000216. The largest absolute Gasteiger partial charge is 0.378 e. The highest BCUT2D eigenvalue weighted by Gasteiger charge is 2.17. The number of aromatic nitrogens is 2. The van der Waals surface area contributed by atoms with Gasteiger partial charge in [-0.3, -0.25) is 19.6 Å². The van der Waals surface area contributed by atoms with E-state index in [0.717, 1.165) is 115 Å². The Bertz CT molecular complexity index is 2830. The topological polar surface area (TPSA) is 170 Å². The molecule has 4 heterocycles. The molecule has 0 aliphatic carbocycles. The number of hydrogen-bond acceptors (Lipinski definition) is 10. The van der Waals surface area contributed by atoms with E-state index in [0.29, 0.717) is 12.8 Å². The van der Waals surface area contributed by atoms with Gasteiger partial charge in [-0.2, -0.15) is 0 Å². The first kappa shape index (κ1) is 49.3. The second-order valence-corrected chi connectivity index (χ2v) is 18.5. The molecule has 14 nitrogen and oxygen atoms in total. The number of carbonyl (C=O) groups excluding carboxylic acids is 3. The summed E-state index contributed by atoms with van der Waals surface area (Å²) in [5.74, 6) is -0.520. The van der Waals surface area contributed by atoms with Crippen LogP contribution in [0.15, 0.2) is 115 Å². The zero-order valence-corrected chi connectivity index (χ0v) is 40.6. The SMILES string of the molecule is CN(C)c1ccc(Nc2c3ccc(NC(=O)CCN4CCCC4)cc3nc3cc(NC(=O)CCN4CCCC4)ccc23)cc1.Cc1[nH]c2ccccc2c1CCNCc1ccc(/C=C/C(=O)NO)cc1. The van der Waals surface area contributed by atoms with E-state index < -0.39 is 5.91 Å². The molecular weight excluding hydrogens is 877 g/mol. The fraction of sp³-hybridized carbons (Fsp3) is 0.321. The number of benzene rings is 5. The third kappa shape index (κ3) is 13.4. The molecule has 0 bridgehead atoms. The number of anilines is 5. The van der Waals surface area contributed by atoms with Gasteiger partial charge in [-0.05, 0) is 161 Å². The van der Waals surface area contributed by atoms with Crippen molar-refractivity contribution >= 4 is 84.9 Å². The fourth-order valence-corrected chi connectivity index (χ4v) is 9.26. The lowest BCUT2D eigenvalue weighted by molar-refractivity contribution is -0.124. The van der Waals surface area contributed by atoms with Crippen LogP contribution in [0.2, 0.25) is 0 Å². The smallest absolute Gasteiger partial charge is 0.267 e. The normalized spacial score (nSPS) is 14.0. The molecule has 7 N–H and O–H groups in total. The number of nitrogens with one attached hydrogen (secondary N) is 6. The van der Waals surface area contributed by atoms with Crippen molar-refractivity contribution in [3.05, 3.63) is 138 Å². The first-order valence-electron chi connectivity index (χ1n) is 24.5. The molecule has 2 aromatic heterocycles. The number of aryl methyl sites for hydroxylation is 1. The van der Waals surface area contributed by atoms with Gasteiger partial charge in [0.1, 0.15) is 0 Å². The van der Waals surface area contributed by atoms with Crippen LogP contribution in [-0.2, 0) is 27.3 Å². The van der Waals surface area contributed by atoms with Gasteiger partial charge in [-0.25, -0.2) is 10.5 Å². The minimum absolute atomic E-state index is 0.00954. The average molecular weight is 943 g/mol. The highest BCUT2D eigenvalue weighted by Crippen LogP contribution is 2.36. The van der Waals surface area contributed by atoms with Gasteiger partial charge in [0.25, 0.3) is 5.91 Å². The zero-order valence-electron chi connectivity index (χ0n) is 40.6. The van der Waals surface area contributed by atoms with Crippen molar-refractivity contribution in [2.24, 2.45) is 0 Å². The Morgan fingerprint density at radius 1 is 0.714 bits per heavy atom. The van der Waals surface area contributed by atoms with Gasteiger partial charge in [0.05, 0.1) is 16.7 Å². The van der Waals surface area contributed by atoms with E-state index in [1.54, 1.807) is 11.6 Å². The number of hydroxylamine groups is 1. The molecule has 2 aliphatic heterocycles. The van der Waals surface area contributed by atoms with E-state index in [1.165, 1.54) is 59.5 Å². The van der Waals surface area contributed by atoms with Crippen LogP contribution in [0.1, 0.15) is 60.9 Å². The van der Waals surface area contributed by atoms with Crippen LogP contribution in [0.5, 0.6) is 0 Å². The maximum atomic E-state index is 12.8. The van der Waals surface area contributed by atoms with Crippen LogP contribution in [-0.4, -0.2) is 103 Å². The highest BCUT2D eigenvalue weighted by molar-refractivity contribution is 6.11. The molecule has 14 heteroatoms. The van der Waals surface area contributed by atoms with Crippen molar-refractivity contribution in [3.8, 4) is 0 Å². The Morgan fingerprint density at radius 2 is 1.29 bits per heavy atom. The molecule has 2 aliphatic rings. The molecule has 3 amide bonds. The number of likely N-dealkylation sites (tertiary alicyclic amines) is 2. The molecule has 5 aromatic carbocycles. The molecule has 0 radical (unpaired) electrons. The lowest BCUT2D eigenvalue weighted by Crippen LogP contribution is -2.25. The standard InChI is InChI=1S/C35H43N7O2.C21H23N3O2/c1-40(2)28-11-7-25(8-12-28)38-35-29-13-9-26(36-33(43)15-21-41-17-3-4-18-41)23-31(29)39-32-24-27(10-14-30(32)35)37-34(44)16-22-42-19-5-6-20-42;1-15-18(19-4-2-3-5-20(19)23-15)12-13-22-14-17-8-6-16(7-9-17)10-11-21(25)24-26/h7-14,23-24H,3-6,15-22H2,1-2H3,(H,36,43)(H,37,44)(H,38,39);2-11,22-23,26H,12-14H2,1H3,(H,24,25)/b;11-10+. The quantitative estimate of drug-likeness (QED) is 0.0145. The van der Waals surface area contributed by atoms with Gasteiger partial charge in [0.2, 0.25) is 11.8 Å². The molecule has 0 spiro atoms. The molecule has 0 saturated carbocycles. The summed E-state index contributed by atoms with van der Waals surface area (Å²) in [6.07, 6.45) is 9.72. The van der Waals surface area contributed by atoms with Crippen molar-refractivity contribution in [2.75, 3.05) is 80.8 Å². The first-order valence-corrected chi connectivity index (χ1v) is 24.5. The molecule has 2 saturated heterocycles. The van der Waals surface area contributed by atoms with Crippen LogP contribution < -0.4 is 31.6 Å². The van der Waals surface area contributed by atoms with Crippen LogP contribution >= 0.6 is 0 Å². The number of para-hydroxylation sites is 1. The van der Waals surface area contributed by atoms with E-state index in [2.05, 4.69) is 96.4 Å². The summed E-state index contributed by atoms with van der Waals surface area (Å²) < 4.78 is 0. The summed E-state index contributed by atoms with van der Waals surface area (Å²) in [6.45, 7) is 9.71. The number of rotatable bonds is 18. The molecule has 2 fully saturated rings. The molecule has 0 atom stereocenters. The maximum absolute atomic E-state index is 12.8. The van der Waals surface area contributed by atoms with Crippen molar-refractivity contribution in [3.63, 3.8) is 0 Å². The summed E-state index contributed by atoms with van der Waals surface area (Å²) in [5.41, 5.74) is 13.5. The van der Waals surface area contributed by atoms with E-state index in [4.69, 9.17) is 10.2 Å². The number of H-pyrrole nitrogens is 1. The molecule has 70 heavy (non-hydrogen) atoms. The summed E-state index contributed by atoms with van der Waals surface area (Å²) >= 11 is 0. The fourth-order valence-electron chi connectivity index (χ4n) is 9.26. The van der Waals surface area contributed by atoms with Gasteiger partial charge in [-0.15, -0.1) is 0 Å². The van der Waals surface area contributed by atoms with Crippen LogP contribution in [0.25, 0.3) is 38.8 Å². The van der Waals surface area contributed by atoms with E-state index in [-0.39, 0.29) is 11.8 Å².